The van der Waals surface area contributed by atoms with Gasteiger partial charge in [-0.1, -0.05) is 0 Å². The van der Waals surface area contributed by atoms with E-state index in [0.717, 1.165) is 49.1 Å². The van der Waals surface area contributed by atoms with Gasteiger partial charge in [-0.2, -0.15) is 10.1 Å². The van der Waals surface area contributed by atoms with Gasteiger partial charge < -0.3 is 5.32 Å². The molecule has 4 aliphatic carbocycles. The number of carbonyl (C=O) groups excluding carboxylic acids is 1. The molecule has 0 atom stereocenters. The number of fused-ring (bicyclic) bond motifs is 1. The van der Waals surface area contributed by atoms with Gasteiger partial charge in [-0.15, -0.1) is 0 Å². The Bertz CT molecular complexity index is 778. The van der Waals surface area contributed by atoms with Crippen molar-refractivity contribution >= 4 is 11.7 Å². The summed E-state index contributed by atoms with van der Waals surface area (Å²) in [7, 11) is 0. The zero-order chi connectivity index (χ0) is 17.6. The van der Waals surface area contributed by atoms with E-state index in [1.165, 1.54) is 44.9 Å². The highest BCUT2D eigenvalue weighted by molar-refractivity contribution is 5.76. The first-order valence-electron chi connectivity index (χ1n) is 10.1. The molecule has 1 N–H and O–H groups in total. The van der Waals surface area contributed by atoms with Crippen molar-refractivity contribution in [2.45, 2.75) is 57.8 Å². The maximum Gasteiger partial charge on any atom is 0.252 e. The summed E-state index contributed by atoms with van der Waals surface area (Å²) in [6, 6.07) is 0. The fourth-order valence-electron chi connectivity index (χ4n) is 6.32. The van der Waals surface area contributed by atoms with Crippen molar-refractivity contribution in [1.82, 2.24) is 24.9 Å². The van der Waals surface area contributed by atoms with Crippen LogP contribution in [-0.2, 0) is 11.2 Å². The first-order valence-corrected chi connectivity index (χ1v) is 10.1. The Morgan fingerprint density at radius 2 is 1.88 bits per heavy atom. The molecule has 4 aliphatic rings. The minimum Gasteiger partial charge on any atom is -0.356 e. The third-order valence-corrected chi connectivity index (χ3v) is 6.85. The normalized spacial score (nSPS) is 32.2. The van der Waals surface area contributed by atoms with Crippen LogP contribution in [0.5, 0.6) is 0 Å². The Balaban J connectivity index is 1.10. The molecule has 4 fully saturated rings. The number of rotatable bonds is 6. The number of nitrogens with one attached hydrogen (secondary N) is 1. The average molecular weight is 353 g/mol. The Kier molecular flexibility index (Phi) is 3.94. The number of hydrogen-bond donors (Lipinski definition) is 1. The molecule has 138 valence electrons. The number of aromatic nitrogens is 4. The number of hydrogen-bond acceptors (Lipinski definition) is 4. The van der Waals surface area contributed by atoms with E-state index in [1.807, 2.05) is 12.4 Å². The summed E-state index contributed by atoms with van der Waals surface area (Å²) >= 11 is 0. The summed E-state index contributed by atoms with van der Waals surface area (Å²) in [5.74, 6) is 3.61. The van der Waals surface area contributed by atoms with Gasteiger partial charge in [-0.25, -0.2) is 9.50 Å². The van der Waals surface area contributed by atoms with Crippen LogP contribution >= 0.6 is 0 Å². The average Bonchev–Trinajstić information content (AvgIpc) is 3.05. The highest BCUT2D eigenvalue weighted by Gasteiger charge is 2.51. The largest absolute Gasteiger partial charge is 0.356 e. The Morgan fingerprint density at radius 3 is 2.62 bits per heavy atom. The maximum absolute atomic E-state index is 12.5. The van der Waals surface area contributed by atoms with Gasteiger partial charge in [-0.05, 0) is 80.1 Å². The molecule has 2 aromatic rings. The standard InChI is InChI=1S/C20H27N5O/c26-18(10-20-7-15-4-16(8-20)6-17(5-15)9-20)21-3-1-2-14-11-22-19-23-13-24-25(19)12-14/h11-13,15-17H,1-10H2,(H,21,26). The van der Waals surface area contributed by atoms with Gasteiger partial charge in [0.1, 0.15) is 6.33 Å². The van der Waals surface area contributed by atoms with Crippen LogP contribution in [0.3, 0.4) is 0 Å². The second-order valence-electron chi connectivity index (χ2n) is 9.01. The Hall–Kier alpha value is -1.98. The quantitative estimate of drug-likeness (QED) is 0.811. The summed E-state index contributed by atoms with van der Waals surface area (Å²) in [5.41, 5.74) is 1.46. The van der Waals surface area contributed by atoms with Crippen molar-refractivity contribution in [2.24, 2.45) is 23.2 Å². The highest BCUT2D eigenvalue weighted by Crippen LogP contribution is 2.61. The molecule has 2 aromatic heterocycles. The van der Waals surface area contributed by atoms with Gasteiger partial charge in [0.2, 0.25) is 5.91 Å². The second-order valence-corrected chi connectivity index (χ2v) is 9.01. The lowest BCUT2D eigenvalue weighted by molar-refractivity contribution is -0.129. The summed E-state index contributed by atoms with van der Waals surface area (Å²) in [4.78, 5) is 20.9. The molecule has 6 heteroatoms. The van der Waals surface area contributed by atoms with E-state index < -0.39 is 0 Å². The van der Waals surface area contributed by atoms with Gasteiger partial charge in [0.05, 0.1) is 0 Å². The van der Waals surface area contributed by atoms with Crippen LogP contribution in [0.1, 0.15) is 56.9 Å². The molecule has 0 saturated heterocycles. The summed E-state index contributed by atoms with van der Waals surface area (Å²) < 4.78 is 1.70. The highest BCUT2D eigenvalue weighted by atomic mass is 16.1. The molecule has 0 spiro atoms. The van der Waals surface area contributed by atoms with Crippen LogP contribution in [0.2, 0.25) is 0 Å². The smallest absolute Gasteiger partial charge is 0.252 e. The van der Waals surface area contributed by atoms with E-state index in [0.29, 0.717) is 11.2 Å². The molecule has 0 aromatic carbocycles. The summed E-state index contributed by atoms with van der Waals surface area (Å²) in [5, 5.41) is 7.28. The third kappa shape index (κ3) is 3.10. The van der Waals surface area contributed by atoms with Crippen molar-refractivity contribution in [3.8, 4) is 0 Å². The SMILES string of the molecule is O=C(CC12CC3CC(CC(C3)C1)C2)NCCCc1cnc2ncnn2c1. The summed E-state index contributed by atoms with van der Waals surface area (Å²) in [6.07, 6.45) is 16.1. The van der Waals surface area contributed by atoms with Crippen LogP contribution in [-0.4, -0.2) is 32.0 Å². The zero-order valence-corrected chi connectivity index (χ0v) is 15.2. The first-order chi connectivity index (χ1) is 12.7. The van der Waals surface area contributed by atoms with Gasteiger partial charge in [-0.3, -0.25) is 4.79 Å². The molecular formula is C20H27N5O. The van der Waals surface area contributed by atoms with Crippen molar-refractivity contribution in [2.75, 3.05) is 6.54 Å². The van der Waals surface area contributed by atoms with Crippen LogP contribution < -0.4 is 5.32 Å². The van der Waals surface area contributed by atoms with Crippen molar-refractivity contribution in [3.63, 3.8) is 0 Å². The second kappa shape index (κ2) is 6.32. The number of aryl methyl sites for hydroxylation is 1. The van der Waals surface area contributed by atoms with E-state index >= 15 is 0 Å². The van der Waals surface area contributed by atoms with Gasteiger partial charge in [0, 0.05) is 25.4 Å². The zero-order valence-electron chi connectivity index (χ0n) is 15.2. The van der Waals surface area contributed by atoms with Gasteiger partial charge in [0.25, 0.3) is 5.78 Å². The van der Waals surface area contributed by atoms with E-state index in [1.54, 1.807) is 4.52 Å². The molecule has 0 unspecified atom stereocenters. The van der Waals surface area contributed by atoms with Crippen LogP contribution in [0, 0.1) is 23.2 Å². The molecular weight excluding hydrogens is 326 g/mol. The van der Waals surface area contributed by atoms with Crippen molar-refractivity contribution in [3.05, 3.63) is 24.3 Å². The Labute approximate surface area is 153 Å². The Morgan fingerprint density at radius 1 is 1.15 bits per heavy atom. The molecule has 26 heavy (non-hydrogen) atoms. The number of amides is 1. The lowest BCUT2D eigenvalue weighted by atomic mass is 9.49. The topological polar surface area (TPSA) is 72.2 Å². The molecule has 4 bridgehead atoms. The summed E-state index contributed by atoms with van der Waals surface area (Å²) in [6.45, 7) is 0.737. The molecule has 4 saturated carbocycles. The molecule has 6 rings (SSSR count). The van der Waals surface area contributed by atoms with Gasteiger partial charge in [0.15, 0.2) is 0 Å². The van der Waals surface area contributed by atoms with Crippen molar-refractivity contribution < 1.29 is 4.79 Å². The van der Waals surface area contributed by atoms with E-state index in [2.05, 4.69) is 20.4 Å². The molecule has 6 nitrogen and oxygen atoms in total. The first kappa shape index (κ1) is 16.2. The number of carbonyl (C=O) groups is 1. The monoisotopic (exact) mass is 353 g/mol. The van der Waals surface area contributed by atoms with Crippen LogP contribution in [0.25, 0.3) is 5.78 Å². The van der Waals surface area contributed by atoms with Crippen LogP contribution in [0.4, 0.5) is 0 Å². The van der Waals surface area contributed by atoms with E-state index in [9.17, 15) is 4.79 Å². The molecule has 2 heterocycles. The predicted octanol–water partition coefficient (Wildman–Crippen LogP) is 2.78. The molecule has 1 amide bonds. The predicted molar refractivity (Wildman–Crippen MR) is 97.3 cm³/mol. The molecule has 0 radical (unpaired) electrons. The minimum atomic E-state index is 0.261. The maximum atomic E-state index is 12.5. The van der Waals surface area contributed by atoms with E-state index in [-0.39, 0.29) is 5.91 Å². The fraction of sp³-hybridized carbons (Fsp3) is 0.700. The lowest BCUT2D eigenvalue weighted by Gasteiger charge is -2.56. The van der Waals surface area contributed by atoms with Gasteiger partial charge >= 0.3 is 0 Å². The van der Waals surface area contributed by atoms with E-state index in [4.69, 9.17) is 0 Å². The van der Waals surface area contributed by atoms with Crippen molar-refractivity contribution in [1.29, 1.82) is 0 Å². The third-order valence-electron chi connectivity index (χ3n) is 6.85. The lowest BCUT2D eigenvalue weighted by Crippen LogP contribution is -2.48. The number of nitrogens with zero attached hydrogens (tertiary/aromatic N) is 4. The van der Waals surface area contributed by atoms with Crippen LogP contribution in [0.15, 0.2) is 18.7 Å². The minimum absolute atomic E-state index is 0.261. The fourth-order valence-corrected chi connectivity index (χ4v) is 6.32. The molecule has 0 aliphatic heterocycles.